The van der Waals surface area contributed by atoms with E-state index in [1.165, 1.54) is 37.3 Å². The van der Waals surface area contributed by atoms with Gasteiger partial charge in [0.25, 0.3) is 0 Å². The normalized spacial score (nSPS) is 11.6. The molecular formula is C21H18F3N3O4. The zero-order valence-electron chi connectivity index (χ0n) is 16.8. The van der Waals surface area contributed by atoms with Crippen molar-refractivity contribution >= 4 is 29.4 Å². The molecule has 0 aliphatic heterocycles. The van der Waals surface area contributed by atoms with E-state index in [0.29, 0.717) is 11.3 Å². The number of carbonyl (C=O) groups is 3. The number of aryl methyl sites for hydroxylation is 1. The maximum atomic E-state index is 12.8. The summed E-state index contributed by atoms with van der Waals surface area (Å²) in [5.41, 5.74) is 0.670. The van der Waals surface area contributed by atoms with Gasteiger partial charge in [-0.1, -0.05) is 12.1 Å². The Kier molecular flexibility index (Phi) is 7.02. The van der Waals surface area contributed by atoms with Gasteiger partial charge in [-0.05, 0) is 50.1 Å². The van der Waals surface area contributed by atoms with Gasteiger partial charge in [-0.2, -0.15) is 18.4 Å². The van der Waals surface area contributed by atoms with Crippen molar-refractivity contribution in [3.63, 3.8) is 0 Å². The third-order valence-corrected chi connectivity index (χ3v) is 4.22. The molecule has 2 aromatic rings. The van der Waals surface area contributed by atoms with Crippen LogP contribution in [0.4, 0.5) is 18.9 Å². The molecule has 31 heavy (non-hydrogen) atoms. The summed E-state index contributed by atoms with van der Waals surface area (Å²) in [5.74, 6) is -3.46. The van der Waals surface area contributed by atoms with Crippen molar-refractivity contribution in [2.75, 3.05) is 11.9 Å². The average Bonchev–Trinajstić information content (AvgIpc) is 2.99. The van der Waals surface area contributed by atoms with Crippen molar-refractivity contribution in [3.8, 4) is 6.07 Å². The predicted octanol–water partition coefficient (Wildman–Crippen LogP) is 4.10. The number of allylic oxidation sites excluding steroid dienone is 1. The molecule has 7 nitrogen and oxygen atoms in total. The molecule has 0 saturated heterocycles. The maximum absolute atomic E-state index is 12.8. The van der Waals surface area contributed by atoms with Gasteiger partial charge in [0.1, 0.15) is 11.6 Å². The van der Waals surface area contributed by atoms with Crippen LogP contribution in [0.25, 0.3) is 6.08 Å². The van der Waals surface area contributed by atoms with Crippen LogP contribution in [0, 0.1) is 25.2 Å². The van der Waals surface area contributed by atoms with E-state index in [4.69, 9.17) is 4.74 Å². The number of rotatable bonds is 6. The Hall–Kier alpha value is -3.87. The second kappa shape index (κ2) is 9.30. The summed E-state index contributed by atoms with van der Waals surface area (Å²) in [4.78, 5) is 38.8. The first-order valence-corrected chi connectivity index (χ1v) is 9.00. The zero-order chi connectivity index (χ0) is 23.3. The number of alkyl halides is 3. The molecule has 0 unspecified atom stereocenters. The fourth-order valence-corrected chi connectivity index (χ4v) is 2.84. The highest BCUT2D eigenvalue weighted by atomic mass is 19.4. The third-order valence-electron chi connectivity index (χ3n) is 4.22. The third kappa shape index (κ3) is 5.39. The lowest BCUT2D eigenvalue weighted by Gasteiger charge is -2.08. The predicted molar refractivity (Wildman–Crippen MR) is 105 cm³/mol. The molecule has 2 N–H and O–H groups in total. The van der Waals surface area contributed by atoms with Crippen molar-refractivity contribution in [2.45, 2.75) is 26.9 Å². The molecule has 0 radical (unpaired) electrons. The first-order chi connectivity index (χ1) is 14.5. The molecule has 0 aliphatic rings. The Morgan fingerprint density at radius 3 is 2.52 bits per heavy atom. The topological polar surface area (TPSA) is 112 Å². The maximum Gasteiger partial charge on any atom is 0.471 e. The molecule has 0 spiro atoms. The second-order valence-corrected chi connectivity index (χ2v) is 6.42. The van der Waals surface area contributed by atoms with Gasteiger partial charge in [0.15, 0.2) is 0 Å². The number of carbonyl (C=O) groups excluding carboxylic acids is 3. The number of ether oxygens (including phenoxy) is 1. The fraction of sp³-hybridized carbons (Fsp3) is 0.238. The first kappa shape index (κ1) is 23.4. The number of benzene rings is 1. The van der Waals surface area contributed by atoms with Crippen molar-refractivity contribution in [1.29, 1.82) is 5.26 Å². The van der Waals surface area contributed by atoms with Gasteiger partial charge in [0, 0.05) is 11.4 Å². The molecule has 1 aromatic heterocycles. The number of anilines is 1. The molecule has 1 heterocycles. The van der Waals surface area contributed by atoms with Gasteiger partial charge in [-0.25, -0.2) is 4.79 Å². The molecule has 0 atom stereocenters. The molecule has 10 heteroatoms. The monoisotopic (exact) mass is 433 g/mol. The molecule has 0 saturated carbocycles. The Morgan fingerprint density at radius 1 is 1.26 bits per heavy atom. The van der Waals surface area contributed by atoms with Gasteiger partial charge >= 0.3 is 18.1 Å². The number of aromatic nitrogens is 1. The number of H-pyrrole nitrogens is 1. The number of ketones is 1. The van der Waals surface area contributed by atoms with E-state index in [-0.39, 0.29) is 34.7 Å². The largest absolute Gasteiger partial charge is 0.471 e. The number of aromatic amines is 1. The number of Topliss-reactive ketones (excluding diaryl/α,β-unsaturated/α-hetero) is 1. The number of esters is 1. The Bertz CT molecular complexity index is 1110. The van der Waals surface area contributed by atoms with Gasteiger partial charge in [0.2, 0.25) is 5.78 Å². The van der Waals surface area contributed by atoms with E-state index < -0.39 is 23.8 Å². The van der Waals surface area contributed by atoms with Gasteiger partial charge in [-0.3, -0.25) is 9.59 Å². The Labute approximate surface area is 175 Å². The Balaban J connectivity index is 2.37. The van der Waals surface area contributed by atoms with Crippen LogP contribution in [0.15, 0.2) is 29.8 Å². The number of amides is 1. The van der Waals surface area contributed by atoms with Crippen LogP contribution in [0.1, 0.15) is 44.6 Å². The SMILES string of the molecule is CCOC(=O)c1c(C)[nH]c(C(=O)/C(C#N)=C/c2cccc(NC(=O)C(F)(F)F)c2)c1C. The standard InChI is InChI=1S/C21H18F3N3O4/c1-4-31-19(29)16-11(2)17(26-12(16)3)18(28)14(10-25)8-13-6-5-7-15(9-13)27-20(30)21(22,23)24/h5-9,26H,4H2,1-3H3,(H,27,30)/b14-8+. The van der Waals surface area contributed by atoms with E-state index in [2.05, 4.69) is 4.98 Å². The molecule has 0 aliphatic carbocycles. The Morgan fingerprint density at radius 2 is 1.94 bits per heavy atom. The molecule has 1 aromatic carbocycles. The van der Waals surface area contributed by atoms with E-state index >= 15 is 0 Å². The zero-order valence-corrected chi connectivity index (χ0v) is 16.8. The van der Waals surface area contributed by atoms with Crippen LogP contribution in [-0.4, -0.2) is 35.4 Å². The number of nitriles is 1. The van der Waals surface area contributed by atoms with Crippen molar-refractivity contribution in [3.05, 3.63) is 57.9 Å². The minimum absolute atomic E-state index is 0.0230. The minimum atomic E-state index is -5.06. The quantitative estimate of drug-likeness (QED) is 0.308. The van der Waals surface area contributed by atoms with Crippen LogP contribution in [0.3, 0.4) is 0 Å². The van der Waals surface area contributed by atoms with E-state index in [9.17, 15) is 32.8 Å². The summed E-state index contributed by atoms with van der Waals surface area (Å²) >= 11 is 0. The number of halogens is 3. The second-order valence-electron chi connectivity index (χ2n) is 6.42. The van der Waals surface area contributed by atoms with Crippen LogP contribution in [0.2, 0.25) is 0 Å². The fourth-order valence-electron chi connectivity index (χ4n) is 2.84. The molecule has 0 bridgehead atoms. The molecule has 2 rings (SSSR count). The molecular weight excluding hydrogens is 415 g/mol. The van der Waals surface area contributed by atoms with Crippen molar-refractivity contribution < 1.29 is 32.3 Å². The summed E-state index contributed by atoms with van der Waals surface area (Å²) < 4.78 is 42.2. The summed E-state index contributed by atoms with van der Waals surface area (Å²) in [6, 6.07) is 6.98. The van der Waals surface area contributed by atoms with Crippen molar-refractivity contribution in [1.82, 2.24) is 4.98 Å². The van der Waals surface area contributed by atoms with Gasteiger partial charge in [-0.15, -0.1) is 0 Å². The van der Waals surface area contributed by atoms with Crippen LogP contribution >= 0.6 is 0 Å². The lowest BCUT2D eigenvalue weighted by atomic mass is 10.0. The molecule has 1 amide bonds. The van der Waals surface area contributed by atoms with Gasteiger partial charge in [0.05, 0.1) is 17.9 Å². The van der Waals surface area contributed by atoms with Gasteiger partial charge < -0.3 is 15.0 Å². The average molecular weight is 433 g/mol. The summed E-state index contributed by atoms with van der Waals surface area (Å²) in [5, 5.41) is 11.1. The lowest BCUT2D eigenvalue weighted by molar-refractivity contribution is -0.167. The molecule has 0 fully saturated rings. The summed E-state index contributed by atoms with van der Waals surface area (Å²) in [7, 11) is 0. The highest BCUT2D eigenvalue weighted by Gasteiger charge is 2.38. The smallest absolute Gasteiger partial charge is 0.462 e. The first-order valence-electron chi connectivity index (χ1n) is 9.00. The highest BCUT2D eigenvalue weighted by molar-refractivity contribution is 6.15. The van der Waals surface area contributed by atoms with E-state index in [1.807, 2.05) is 0 Å². The summed E-state index contributed by atoms with van der Waals surface area (Å²) in [6.07, 6.45) is -3.88. The van der Waals surface area contributed by atoms with Crippen molar-refractivity contribution in [2.24, 2.45) is 0 Å². The number of nitrogens with zero attached hydrogens (tertiary/aromatic N) is 1. The summed E-state index contributed by atoms with van der Waals surface area (Å²) in [6.45, 7) is 4.91. The lowest BCUT2D eigenvalue weighted by Crippen LogP contribution is -2.29. The number of hydrogen-bond donors (Lipinski definition) is 2. The van der Waals surface area contributed by atoms with Crippen LogP contribution in [-0.2, 0) is 9.53 Å². The number of nitrogens with one attached hydrogen (secondary N) is 2. The van der Waals surface area contributed by atoms with Crippen LogP contribution in [0.5, 0.6) is 0 Å². The van der Waals surface area contributed by atoms with E-state index in [0.717, 1.165) is 0 Å². The minimum Gasteiger partial charge on any atom is -0.462 e. The number of hydrogen-bond acceptors (Lipinski definition) is 5. The van der Waals surface area contributed by atoms with E-state index in [1.54, 1.807) is 25.2 Å². The highest BCUT2D eigenvalue weighted by Crippen LogP contribution is 2.23. The van der Waals surface area contributed by atoms with Crippen LogP contribution < -0.4 is 5.32 Å². The molecule has 162 valence electrons.